The van der Waals surface area contributed by atoms with E-state index < -0.39 is 19.7 Å². The molecular formula is C28H30O6S2. The first-order valence-electron chi connectivity index (χ1n) is 13.2. The zero-order valence-corrected chi connectivity index (χ0v) is 21.4. The zero-order valence-electron chi connectivity index (χ0n) is 19.8. The number of hydrogen-bond acceptors (Lipinski definition) is 6. The molecule has 6 nitrogen and oxygen atoms in total. The minimum atomic E-state index is -3.33. The second-order valence-electron chi connectivity index (χ2n) is 11.8. The van der Waals surface area contributed by atoms with E-state index in [4.69, 9.17) is 9.47 Å². The first-order chi connectivity index (χ1) is 17.4. The fourth-order valence-electron chi connectivity index (χ4n) is 9.40. The Hall–Kier alpha value is -1.74. The van der Waals surface area contributed by atoms with Crippen molar-refractivity contribution in [3.05, 3.63) is 60.7 Å². The zero-order chi connectivity index (χ0) is 24.4. The summed E-state index contributed by atoms with van der Waals surface area (Å²) in [4.78, 5) is 0.801. The van der Waals surface area contributed by atoms with Crippen LogP contribution in [0.15, 0.2) is 70.5 Å². The third kappa shape index (κ3) is 3.01. The van der Waals surface area contributed by atoms with Gasteiger partial charge in [-0.3, -0.25) is 0 Å². The van der Waals surface area contributed by atoms with Crippen molar-refractivity contribution in [2.45, 2.75) is 47.0 Å². The highest BCUT2D eigenvalue weighted by Gasteiger charge is 2.83. The molecule has 2 aromatic carbocycles. The SMILES string of the molecule is O=S(=O)(CCC1[C@@H]2C3C4[C@H]1[C@@H]1O[C@H]1[C@H]4C(CCS(=O)(=O)c1ccccc1)[C@@H]3[C@@H]1O[C@H]21)c1ccccc1. The number of fused-ring (bicyclic) bond motifs is 6. The lowest BCUT2D eigenvalue weighted by molar-refractivity contribution is 0.106. The van der Waals surface area contributed by atoms with Crippen LogP contribution in [-0.4, -0.2) is 52.8 Å². The van der Waals surface area contributed by atoms with Crippen LogP contribution in [0.4, 0.5) is 0 Å². The van der Waals surface area contributed by atoms with E-state index in [-0.39, 0.29) is 35.9 Å². The second-order valence-corrected chi connectivity index (χ2v) is 16.0. The molecule has 0 aromatic heterocycles. The van der Waals surface area contributed by atoms with Crippen LogP contribution < -0.4 is 0 Å². The maximum absolute atomic E-state index is 13.1. The molecule has 0 bridgehead atoms. The van der Waals surface area contributed by atoms with Gasteiger partial charge in [0.1, 0.15) is 0 Å². The molecule has 4 saturated carbocycles. The van der Waals surface area contributed by atoms with Gasteiger partial charge < -0.3 is 9.47 Å². The molecule has 4 unspecified atom stereocenters. The summed E-state index contributed by atoms with van der Waals surface area (Å²) in [5, 5.41) is 0. The Labute approximate surface area is 212 Å². The third-order valence-corrected chi connectivity index (χ3v) is 14.0. The monoisotopic (exact) mass is 526 g/mol. The van der Waals surface area contributed by atoms with Crippen molar-refractivity contribution in [1.29, 1.82) is 0 Å². The van der Waals surface area contributed by atoms with Gasteiger partial charge in [0.15, 0.2) is 19.7 Å². The van der Waals surface area contributed by atoms with E-state index in [0.29, 0.717) is 70.0 Å². The fraction of sp³-hybridized carbons (Fsp3) is 0.571. The fourth-order valence-corrected chi connectivity index (χ4v) is 12.2. The topological polar surface area (TPSA) is 93.3 Å². The highest BCUT2D eigenvalue weighted by atomic mass is 32.2. The summed E-state index contributed by atoms with van der Waals surface area (Å²) < 4.78 is 64.7. The van der Waals surface area contributed by atoms with E-state index >= 15 is 0 Å². The van der Waals surface area contributed by atoms with Crippen LogP contribution in [0.3, 0.4) is 0 Å². The number of epoxide rings is 2. The Morgan fingerprint density at radius 3 is 1.17 bits per heavy atom. The van der Waals surface area contributed by atoms with E-state index in [2.05, 4.69) is 0 Å². The Balaban J connectivity index is 1.04. The number of hydrogen-bond donors (Lipinski definition) is 0. The van der Waals surface area contributed by atoms with Crippen LogP contribution in [0.25, 0.3) is 0 Å². The van der Waals surface area contributed by atoms with E-state index in [1.54, 1.807) is 48.5 Å². The van der Waals surface area contributed by atoms with Gasteiger partial charge in [-0.15, -0.1) is 0 Å². The van der Waals surface area contributed by atoms with E-state index in [0.717, 1.165) is 0 Å². The summed E-state index contributed by atoms with van der Waals surface area (Å²) in [5.41, 5.74) is 0. The van der Waals surface area contributed by atoms with Crippen LogP contribution in [0.5, 0.6) is 0 Å². The lowest BCUT2D eigenvalue weighted by Gasteiger charge is -2.28. The molecule has 2 saturated heterocycles. The van der Waals surface area contributed by atoms with Gasteiger partial charge in [-0.05, 0) is 84.5 Å². The molecule has 0 N–H and O–H groups in total. The minimum absolute atomic E-state index is 0.164. The Bertz CT molecular complexity index is 1270. The maximum atomic E-state index is 13.1. The van der Waals surface area contributed by atoms with Crippen molar-refractivity contribution in [3.8, 4) is 0 Å². The van der Waals surface area contributed by atoms with Crippen molar-refractivity contribution in [2.75, 3.05) is 11.5 Å². The Morgan fingerprint density at radius 1 is 0.500 bits per heavy atom. The molecule has 2 aliphatic heterocycles. The van der Waals surface area contributed by atoms with Crippen LogP contribution >= 0.6 is 0 Å². The van der Waals surface area contributed by atoms with Crippen molar-refractivity contribution in [1.82, 2.24) is 0 Å². The quantitative estimate of drug-likeness (QED) is 0.491. The smallest absolute Gasteiger partial charge is 0.178 e. The highest BCUT2D eigenvalue weighted by molar-refractivity contribution is 7.91. The van der Waals surface area contributed by atoms with E-state index in [1.165, 1.54) is 0 Å². The largest absolute Gasteiger partial charge is 0.369 e. The van der Waals surface area contributed by atoms with Gasteiger partial charge in [0.25, 0.3) is 0 Å². The molecule has 2 heterocycles. The first kappa shape index (κ1) is 22.3. The first-order valence-corrected chi connectivity index (χ1v) is 16.5. The number of sulfone groups is 2. The molecule has 0 spiro atoms. The van der Waals surface area contributed by atoms with Crippen molar-refractivity contribution >= 4 is 19.7 Å². The van der Waals surface area contributed by atoms with Crippen molar-refractivity contribution < 1.29 is 26.3 Å². The third-order valence-electron chi connectivity index (χ3n) is 10.5. The summed E-state index contributed by atoms with van der Waals surface area (Å²) in [5.74, 6) is 3.60. The molecule has 190 valence electrons. The Morgan fingerprint density at radius 2 is 0.833 bits per heavy atom. The molecular weight excluding hydrogens is 496 g/mol. The number of ether oxygens (including phenoxy) is 2. The van der Waals surface area contributed by atoms with Gasteiger partial charge in [0, 0.05) is 0 Å². The predicted molar refractivity (Wildman–Crippen MR) is 131 cm³/mol. The van der Waals surface area contributed by atoms with Gasteiger partial charge in [0.2, 0.25) is 0 Å². The van der Waals surface area contributed by atoms with Gasteiger partial charge in [-0.1, -0.05) is 36.4 Å². The lowest BCUT2D eigenvalue weighted by atomic mass is 9.81. The molecule has 8 rings (SSSR count). The van der Waals surface area contributed by atoms with Crippen LogP contribution in [0, 0.1) is 47.3 Å². The Kier molecular flexibility index (Phi) is 4.59. The predicted octanol–water partition coefficient (Wildman–Crippen LogP) is 3.23. The summed E-state index contributed by atoms with van der Waals surface area (Å²) in [6.45, 7) is 0. The summed E-state index contributed by atoms with van der Waals surface area (Å²) in [6.07, 6.45) is 2.21. The normalized spacial score (nSPS) is 44.8. The highest BCUT2D eigenvalue weighted by Crippen LogP contribution is 2.79. The number of benzene rings is 2. The van der Waals surface area contributed by atoms with Crippen molar-refractivity contribution in [2.24, 2.45) is 47.3 Å². The second kappa shape index (κ2) is 7.43. The number of rotatable bonds is 8. The molecule has 8 heteroatoms. The summed E-state index contributed by atoms with van der Waals surface area (Å²) in [7, 11) is -6.65. The molecule has 36 heavy (non-hydrogen) atoms. The van der Waals surface area contributed by atoms with E-state index in [1.807, 2.05) is 12.1 Å². The molecule has 6 fully saturated rings. The van der Waals surface area contributed by atoms with Gasteiger partial charge in [-0.25, -0.2) is 16.8 Å². The van der Waals surface area contributed by atoms with Gasteiger partial charge in [0.05, 0.1) is 45.7 Å². The van der Waals surface area contributed by atoms with E-state index in [9.17, 15) is 16.8 Å². The summed E-state index contributed by atoms with van der Waals surface area (Å²) >= 11 is 0. The summed E-state index contributed by atoms with van der Waals surface area (Å²) in [6, 6.07) is 17.5. The van der Waals surface area contributed by atoms with Gasteiger partial charge in [-0.2, -0.15) is 0 Å². The van der Waals surface area contributed by atoms with Crippen LogP contribution in [0.1, 0.15) is 12.8 Å². The van der Waals surface area contributed by atoms with Crippen LogP contribution in [-0.2, 0) is 29.1 Å². The minimum Gasteiger partial charge on any atom is -0.369 e. The van der Waals surface area contributed by atoms with Crippen molar-refractivity contribution in [3.63, 3.8) is 0 Å². The lowest BCUT2D eigenvalue weighted by Crippen LogP contribution is -2.28. The molecule has 0 radical (unpaired) electrons. The standard InChI is InChI=1S/C28H30O6S2/c29-35(30,15-7-3-1-4-8-15)13-11-17-19-23-21(27-25(19)33-27)18(22-24(23)20(17)26-28(22)34-26)12-14-36(31,32)16-9-5-2-6-10-16/h1-10,17-28H,11-14H2/t17?,18?,19-,20-,21-,22+,23?,24?,25-,26-,27-,28+/m0/s1. The molecule has 6 aliphatic rings. The van der Waals surface area contributed by atoms with Gasteiger partial charge >= 0.3 is 0 Å². The molecule has 2 aromatic rings. The molecule has 0 amide bonds. The maximum Gasteiger partial charge on any atom is 0.178 e. The molecule has 12 atom stereocenters. The van der Waals surface area contributed by atoms with Crippen LogP contribution in [0.2, 0.25) is 0 Å². The average Bonchev–Trinajstić information content (AvgIpc) is 3.71. The molecule has 4 aliphatic carbocycles. The average molecular weight is 527 g/mol.